The van der Waals surface area contributed by atoms with E-state index in [1.807, 2.05) is 0 Å². The number of amides is 1. The summed E-state index contributed by atoms with van der Waals surface area (Å²) in [5.41, 5.74) is 2.94. The summed E-state index contributed by atoms with van der Waals surface area (Å²) in [5, 5.41) is 22.2. The van der Waals surface area contributed by atoms with Crippen LogP contribution in [0.4, 0.5) is 13.6 Å². The Labute approximate surface area is 278 Å². The highest BCUT2D eigenvalue weighted by atomic mass is 19.3. The van der Waals surface area contributed by atoms with Crippen molar-refractivity contribution in [2.24, 2.45) is 5.73 Å². The molecule has 0 radical (unpaired) electrons. The SMILES string of the molecule is CO[C@@H]1[C@@H](OC(N)=O)[C@@H](O)[C@H](Oc2ccc3c(O)c(CC(=O)c4cccc(Oc5cccc(C(C)(F)F)c5)c4)c(=O)oc3c2C)OC1(C)C. The number of hydrogen-bond acceptors (Lipinski definition) is 11. The number of methoxy groups -OCH3 is 1. The quantitative estimate of drug-likeness (QED) is 0.142. The molecule has 4 N–H and O–H groups in total. The Balaban J connectivity index is 1.38. The molecule has 0 spiro atoms. The molecule has 12 nitrogen and oxygen atoms in total. The number of rotatable bonds is 10. The fraction of sp³-hybridized carbons (Fsp3) is 0.343. The maximum atomic E-state index is 13.8. The van der Waals surface area contributed by atoms with Gasteiger partial charge in [0.25, 0.3) is 5.92 Å². The number of fused-ring (bicyclic) bond motifs is 1. The number of aliphatic hydroxyl groups excluding tert-OH is 1. The fourth-order valence-electron chi connectivity index (χ4n) is 5.72. The molecule has 1 fully saturated rings. The summed E-state index contributed by atoms with van der Waals surface area (Å²) in [4.78, 5) is 37.9. The van der Waals surface area contributed by atoms with Crippen molar-refractivity contribution in [2.75, 3.05) is 7.11 Å². The third-order valence-corrected chi connectivity index (χ3v) is 8.18. The first kappa shape index (κ1) is 35.3. The van der Waals surface area contributed by atoms with Crippen LogP contribution in [-0.2, 0) is 26.6 Å². The summed E-state index contributed by atoms with van der Waals surface area (Å²) in [6.45, 7) is 5.61. The highest BCUT2D eigenvalue weighted by molar-refractivity contribution is 5.99. The standard InChI is InChI=1S/C35H35F2NO11/c1-17-25(46-32-27(41)29(48-33(38)43)30(44-5)34(2,3)49-32)13-12-22-26(40)23(31(42)47-28(17)22)16-24(39)18-8-6-10-20(14-18)45-21-11-7-9-19(15-21)35(4,36)37/h6-15,27,29-30,32,40-41H,16H2,1-5H3,(H2,38,43)/t27-,29+,30-,32-/m1/s1. The van der Waals surface area contributed by atoms with Gasteiger partial charge in [0, 0.05) is 37.1 Å². The van der Waals surface area contributed by atoms with E-state index in [2.05, 4.69) is 0 Å². The van der Waals surface area contributed by atoms with Crippen molar-refractivity contribution in [3.05, 3.63) is 93.3 Å². The molecular formula is C35H35F2NO11. The van der Waals surface area contributed by atoms with E-state index in [4.69, 9.17) is 33.8 Å². The fourth-order valence-corrected chi connectivity index (χ4v) is 5.72. The summed E-state index contributed by atoms with van der Waals surface area (Å²) in [5.74, 6) is -3.66. The number of Topliss-reactive ketones (excluding diaryl/α,β-unsaturated/α-hetero) is 1. The number of alkyl halides is 2. The number of carbonyl (C=O) groups excluding carboxylic acids is 2. The second-order valence-electron chi connectivity index (χ2n) is 12.2. The molecule has 0 bridgehead atoms. The summed E-state index contributed by atoms with van der Waals surface area (Å²) in [6.07, 6.45) is -6.72. The van der Waals surface area contributed by atoms with Crippen LogP contribution in [0, 0.1) is 6.92 Å². The van der Waals surface area contributed by atoms with E-state index < -0.39 is 65.8 Å². The van der Waals surface area contributed by atoms with Gasteiger partial charge >= 0.3 is 11.7 Å². The van der Waals surface area contributed by atoms with Gasteiger partial charge in [0.1, 0.15) is 34.7 Å². The number of nitrogens with two attached hydrogens (primary N) is 1. The summed E-state index contributed by atoms with van der Waals surface area (Å²) in [7, 11) is 1.36. The smallest absolute Gasteiger partial charge is 0.404 e. The van der Waals surface area contributed by atoms with Crippen LogP contribution >= 0.6 is 0 Å². The molecule has 49 heavy (non-hydrogen) atoms. The Kier molecular flexibility index (Phi) is 9.68. The first-order chi connectivity index (χ1) is 23.0. The van der Waals surface area contributed by atoms with Crippen LogP contribution in [-0.4, -0.2) is 59.4 Å². The van der Waals surface area contributed by atoms with Gasteiger partial charge in [0.2, 0.25) is 6.29 Å². The minimum absolute atomic E-state index is 0.0456. The van der Waals surface area contributed by atoms with Crippen LogP contribution in [0.15, 0.2) is 69.9 Å². The summed E-state index contributed by atoms with van der Waals surface area (Å²) < 4.78 is 61.2. The molecule has 3 aromatic carbocycles. The summed E-state index contributed by atoms with van der Waals surface area (Å²) in [6, 6.07) is 14.2. The number of aliphatic hydroxyl groups is 1. The van der Waals surface area contributed by atoms with Gasteiger partial charge in [-0.25, -0.2) is 18.4 Å². The topological polar surface area (TPSA) is 177 Å². The zero-order valence-corrected chi connectivity index (χ0v) is 27.2. The minimum atomic E-state index is -3.07. The van der Waals surface area contributed by atoms with E-state index in [-0.39, 0.29) is 50.5 Å². The van der Waals surface area contributed by atoms with Crippen LogP contribution in [0.5, 0.6) is 23.0 Å². The van der Waals surface area contributed by atoms with Gasteiger partial charge in [0.05, 0.1) is 16.6 Å². The highest BCUT2D eigenvalue weighted by Crippen LogP contribution is 2.38. The van der Waals surface area contributed by atoms with Crippen molar-refractivity contribution in [3.8, 4) is 23.0 Å². The molecule has 0 saturated carbocycles. The molecule has 4 aromatic rings. The highest BCUT2D eigenvalue weighted by Gasteiger charge is 2.53. The summed E-state index contributed by atoms with van der Waals surface area (Å²) >= 11 is 0. The first-order valence-electron chi connectivity index (χ1n) is 15.1. The van der Waals surface area contributed by atoms with Gasteiger partial charge < -0.3 is 44.0 Å². The molecule has 1 saturated heterocycles. The first-order valence-corrected chi connectivity index (χ1v) is 15.1. The van der Waals surface area contributed by atoms with Crippen LogP contribution < -0.4 is 20.8 Å². The number of carbonyl (C=O) groups is 2. The molecule has 1 aromatic heterocycles. The van der Waals surface area contributed by atoms with Crippen molar-refractivity contribution in [2.45, 2.75) is 70.2 Å². The molecule has 1 aliphatic rings. The molecule has 260 valence electrons. The number of ketones is 1. The van der Waals surface area contributed by atoms with Gasteiger partial charge in [-0.15, -0.1) is 0 Å². The molecule has 0 aliphatic carbocycles. The molecule has 2 heterocycles. The van der Waals surface area contributed by atoms with Gasteiger partial charge in [-0.3, -0.25) is 4.79 Å². The van der Waals surface area contributed by atoms with Gasteiger partial charge in [-0.1, -0.05) is 24.3 Å². The van der Waals surface area contributed by atoms with Gasteiger partial charge in [-0.05, 0) is 57.2 Å². The Bertz CT molecular complexity index is 1950. The molecule has 0 unspecified atom stereocenters. The number of hydrogen-bond donors (Lipinski definition) is 3. The Hall–Kier alpha value is -5.05. The third-order valence-electron chi connectivity index (χ3n) is 8.18. The van der Waals surface area contributed by atoms with E-state index in [1.54, 1.807) is 20.8 Å². The normalized spacial score (nSPS) is 20.5. The predicted molar refractivity (Wildman–Crippen MR) is 170 cm³/mol. The predicted octanol–water partition coefficient (Wildman–Crippen LogP) is 5.49. The molecule has 5 rings (SSSR count). The molecule has 4 atom stereocenters. The third kappa shape index (κ3) is 7.36. The monoisotopic (exact) mass is 683 g/mol. The van der Waals surface area contributed by atoms with Crippen molar-refractivity contribution in [3.63, 3.8) is 0 Å². The number of ether oxygens (including phenoxy) is 5. The number of halogens is 2. The Morgan fingerprint density at radius 2 is 1.73 bits per heavy atom. The van der Waals surface area contributed by atoms with Crippen LogP contribution in [0.2, 0.25) is 0 Å². The number of primary amides is 1. The van der Waals surface area contributed by atoms with Gasteiger partial charge in [0.15, 0.2) is 18.0 Å². The van der Waals surface area contributed by atoms with Gasteiger partial charge in [-0.2, -0.15) is 0 Å². The number of aryl methyl sites for hydroxylation is 1. The van der Waals surface area contributed by atoms with E-state index in [1.165, 1.54) is 67.8 Å². The largest absolute Gasteiger partial charge is 0.507 e. The average Bonchev–Trinajstić information content (AvgIpc) is 3.02. The molecular weight excluding hydrogens is 648 g/mol. The second kappa shape index (κ2) is 13.5. The van der Waals surface area contributed by atoms with Crippen LogP contribution in [0.25, 0.3) is 11.0 Å². The lowest BCUT2D eigenvalue weighted by molar-refractivity contribution is -0.304. The molecule has 1 amide bonds. The molecule has 1 aliphatic heterocycles. The van der Waals surface area contributed by atoms with Crippen molar-refractivity contribution in [1.29, 1.82) is 0 Å². The molecule has 14 heteroatoms. The lowest BCUT2D eigenvalue weighted by atomic mass is 9.89. The van der Waals surface area contributed by atoms with Crippen LogP contribution in [0.3, 0.4) is 0 Å². The van der Waals surface area contributed by atoms with Crippen molar-refractivity contribution in [1.82, 2.24) is 0 Å². The average molecular weight is 684 g/mol. The van der Waals surface area contributed by atoms with E-state index in [9.17, 15) is 33.4 Å². The Morgan fingerprint density at radius 1 is 1.06 bits per heavy atom. The lowest BCUT2D eigenvalue weighted by Crippen LogP contribution is -2.65. The number of benzene rings is 3. The van der Waals surface area contributed by atoms with E-state index in [0.29, 0.717) is 0 Å². The Morgan fingerprint density at radius 3 is 2.39 bits per heavy atom. The van der Waals surface area contributed by atoms with Crippen molar-refractivity contribution >= 4 is 22.8 Å². The zero-order chi connectivity index (χ0) is 35.8. The minimum Gasteiger partial charge on any atom is -0.507 e. The second-order valence-corrected chi connectivity index (χ2v) is 12.2. The van der Waals surface area contributed by atoms with E-state index in [0.717, 1.165) is 6.92 Å². The van der Waals surface area contributed by atoms with Crippen LogP contribution in [0.1, 0.15) is 47.8 Å². The maximum Gasteiger partial charge on any atom is 0.404 e. The lowest BCUT2D eigenvalue weighted by Gasteiger charge is -2.47. The van der Waals surface area contributed by atoms with Crippen molar-refractivity contribution < 1.29 is 56.7 Å². The zero-order valence-electron chi connectivity index (χ0n) is 27.2. The maximum absolute atomic E-state index is 13.8. The van der Waals surface area contributed by atoms with E-state index >= 15 is 0 Å². The number of aromatic hydroxyl groups is 1.